The second-order valence-corrected chi connectivity index (χ2v) is 7.56. The van der Waals surface area contributed by atoms with Crippen molar-refractivity contribution in [2.45, 2.75) is 25.7 Å². The first-order chi connectivity index (χ1) is 12.5. The zero-order valence-corrected chi connectivity index (χ0v) is 15.1. The van der Waals surface area contributed by atoms with Crippen molar-refractivity contribution < 1.29 is 9.72 Å². The van der Waals surface area contributed by atoms with Crippen molar-refractivity contribution in [3.05, 3.63) is 65.5 Å². The molecule has 0 aliphatic heterocycles. The largest absolute Gasteiger partial charge is 0.323 e. The number of hydrogen-bond donors (Lipinski definition) is 1. The molecule has 0 saturated carbocycles. The molecule has 2 heterocycles. The molecule has 0 bridgehead atoms. The number of nitro benzene ring substituents is 1. The lowest BCUT2D eigenvalue weighted by Crippen LogP contribution is -2.29. The van der Waals surface area contributed by atoms with Gasteiger partial charge in [-0.2, -0.15) is 0 Å². The van der Waals surface area contributed by atoms with Crippen LogP contribution in [0.5, 0.6) is 0 Å². The van der Waals surface area contributed by atoms with Gasteiger partial charge in [0, 0.05) is 10.9 Å². The Morgan fingerprint density at radius 1 is 1.27 bits per heavy atom. The van der Waals surface area contributed by atoms with Gasteiger partial charge in [-0.1, -0.05) is 12.1 Å². The molecule has 1 aliphatic rings. The van der Waals surface area contributed by atoms with E-state index in [9.17, 15) is 19.7 Å². The maximum Gasteiger partial charge on any atom is 0.282 e. The van der Waals surface area contributed by atoms with E-state index >= 15 is 0 Å². The lowest BCUT2D eigenvalue weighted by atomic mass is 9.97. The van der Waals surface area contributed by atoms with E-state index in [-0.39, 0.29) is 16.0 Å². The summed E-state index contributed by atoms with van der Waals surface area (Å²) in [7, 11) is 0. The summed E-state index contributed by atoms with van der Waals surface area (Å²) in [6.07, 6.45) is 3.76. The van der Waals surface area contributed by atoms with Crippen LogP contribution in [-0.2, 0) is 12.8 Å². The maximum absolute atomic E-state index is 13.1. The van der Waals surface area contributed by atoms with Crippen LogP contribution < -0.4 is 5.56 Å². The van der Waals surface area contributed by atoms with Gasteiger partial charge in [-0.3, -0.25) is 19.7 Å². The van der Waals surface area contributed by atoms with Crippen LogP contribution in [0, 0.1) is 14.9 Å². The number of benzene rings is 1. The molecule has 0 fully saturated rings. The third-order valence-electron chi connectivity index (χ3n) is 4.55. The molecule has 0 spiro atoms. The molecule has 1 aromatic carbocycles. The SMILES string of the molecule is O=C(c1ccccc1[N+](=O)[O-])n1c(=S)[nH]c2sc3c(c2c1=O)CCCC3. The zero-order chi connectivity index (χ0) is 18.4. The van der Waals surface area contributed by atoms with Crippen molar-refractivity contribution >= 4 is 45.4 Å². The van der Waals surface area contributed by atoms with Crippen molar-refractivity contribution in [3.8, 4) is 0 Å². The fourth-order valence-corrected chi connectivity index (χ4v) is 4.97. The van der Waals surface area contributed by atoms with Gasteiger partial charge in [0.25, 0.3) is 17.2 Å². The Balaban J connectivity index is 1.98. The number of nitrogens with one attached hydrogen (secondary N) is 1. The highest BCUT2D eigenvalue weighted by atomic mass is 32.1. The molecule has 9 heteroatoms. The number of aromatic nitrogens is 2. The van der Waals surface area contributed by atoms with Crippen LogP contribution in [0.25, 0.3) is 10.2 Å². The van der Waals surface area contributed by atoms with Crippen LogP contribution in [0.1, 0.15) is 33.6 Å². The Morgan fingerprint density at radius 3 is 2.77 bits per heavy atom. The van der Waals surface area contributed by atoms with Crippen LogP contribution >= 0.6 is 23.6 Å². The minimum atomic E-state index is -0.791. The predicted molar refractivity (Wildman–Crippen MR) is 101 cm³/mol. The number of nitrogens with zero attached hydrogens (tertiary/aromatic N) is 2. The van der Waals surface area contributed by atoms with Crippen molar-refractivity contribution in [2.75, 3.05) is 0 Å². The summed E-state index contributed by atoms with van der Waals surface area (Å²) in [4.78, 5) is 41.3. The Kier molecular flexibility index (Phi) is 4.04. The van der Waals surface area contributed by atoms with Crippen LogP contribution in [-0.4, -0.2) is 20.4 Å². The molecule has 4 rings (SSSR count). The number of para-hydroxylation sites is 1. The zero-order valence-electron chi connectivity index (χ0n) is 13.5. The number of carbonyl (C=O) groups excluding carboxylic acids is 1. The smallest absolute Gasteiger partial charge is 0.282 e. The van der Waals surface area contributed by atoms with E-state index in [1.165, 1.54) is 35.6 Å². The first kappa shape index (κ1) is 16.8. The van der Waals surface area contributed by atoms with E-state index in [1.54, 1.807) is 0 Å². The van der Waals surface area contributed by atoms with Crippen LogP contribution in [0.2, 0.25) is 0 Å². The standard InChI is InChI=1S/C17H13N3O4S2/c21-15(9-5-1-3-7-11(9)20(23)24)19-16(22)13-10-6-2-4-8-12(10)26-14(13)18-17(19)25/h1,3,5,7H,2,4,6,8H2,(H,18,25). The first-order valence-electron chi connectivity index (χ1n) is 8.06. The lowest BCUT2D eigenvalue weighted by molar-refractivity contribution is -0.385. The number of aromatic amines is 1. The Hall–Kier alpha value is -2.65. The van der Waals surface area contributed by atoms with E-state index in [0.717, 1.165) is 40.7 Å². The number of rotatable bonds is 2. The van der Waals surface area contributed by atoms with Crippen molar-refractivity contribution in [1.29, 1.82) is 0 Å². The average molecular weight is 387 g/mol. The number of carbonyl (C=O) groups is 1. The molecule has 3 aromatic rings. The van der Waals surface area contributed by atoms with Gasteiger partial charge in [0.15, 0.2) is 4.77 Å². The Bertz CT molecular complexity index is 1190. The summed E-state index contributed by atoms with van der Waals surface area (Å²) in [5, 5.41) is 11.7. The van der Waals surface area contributed by atoms with Crippen LogP contribution in [0.3, 0.4) is 0 Å². The monoisotopic (exact) mass is 387 g/mol. The van der Waals surface area contributed by atoms with Gasteiger partial charge in [-0.15, -0.1) is 11.3 Å². The fraction of sp³-hybridized carbons (Fsp3) is 0.235. The van der Waals surface area contributed by atoms with E-state index in [0.29, 0.717) is 10.2 Å². The highest BCUT2D eigenvalue weighted by Crippen LogP contribution is 2.33. The van der Waals surface area contributed by atoms with Crippen LogP contribution in [0.15, 0.2) is 29.1 Å². The molecule has 0 saturated heterocycles. The van der Waals surface area contributed by atoms with E-state index in [4.69, 9.17) is 12.2 Å². The molecule has 26 heavy (non-hydrogen) atoms. The highest BCUT2D eigenvalue weighted by molar-refractivity contribution is 7.71. The predicted octanol–water partition coefficient (Wildman–Crippen LogP) is 3.60. The third-order valence-corrected chi connectivity index (χ3v) is 6.04. The molecule has 0 unspecified atom stereocenters. The van der Waals surface area contributed by atoms with Gasteiger partial charge in [0.2, 0.25) is 0 Å². The van der Waals surface area contributed by atoms with E-state index < -0.39 is 16.4 Å². The molecular formula is C17H13N3O4S2. The molecule has 0 radical (unpaired) electrons. The minimum Gasteiger partial charge on any atom is -0.323 e. The van der Waals surface area contributed by atoms with Gasteiger partial charge >= 0.3 is 0 Å². The van der Waals surface area contributed by atoms with Gasteiger partial charge in [-0.25, -0.2) is 4.57 Å². The fourth-order valence-electron chi connectivity index (χ4n) is 3.36. The number of nitro groups is 1. The maximum atomic E-state index is 13.1. The normalized spacial score (nSPS) is 13.5. The highest BCUT2D eigenvalue weighted by Gasteiger charge is 2.26. The molecule has 0 atom stereocenters. The van der Waals surface area contributed by atoms with Gasteiger partial charge < -0.3 is 4.98 Å². The summed E-state index contributed by atoms with van der Waals surface area (Å²) in [6, 6.07) is 5.55. The molecule has 2 aromatic heterocycles. The summed E-state index contributed by atoms with van der Waals surface area (Å²) >= 11 is 6.71. The molecule has 1 N–H and O–H groups in total. The summed E-state index contributed by atoms with van der Waals surface area (Å²) in [6.45, 7) is 0. The number of fused-ring (bicyclic) bond motifs is 3. The number of aryl methyl sites for hydroxylation is 2. The van der Waals surface area contributed by atoms with Gasteiger partial charge in [-0.05, 0) is 49.5 Å². The van der Waals surface area contributed by atoms with Crippen molar-refractivity contribution in [3.63, 3.8) is 0 Å². The van der Waals surface area contributed by atoms with Gasteiger partial charge in [0.05, 0.1) is 10.3 Å². The lowest BCUT2D eigenvalue weighted by Gasteiger charge is -2.10. The molecule has 1 aliphatic carbocycles. The number of thiophene rings is 1. The quantitative estimate of drug-likeness (QED) is 0.412. The Morgan fingerprint density at radius 2 is 2.00 bits per heavy atom. The number of hydrogen-bond acceptors (Lipinski definition) is 6. The average Bonchev–Trinajstić information content (AvgIpc) is 2.99. The van der Waals surface area contributed by atoms with Gasteiger partial charge in [0.1, 0.15) is 10.4 Å². The summed E-state index contributed by atoms with van der Waals surface area (Å²) in [5.74, 6) is -0.791. The topological polar surface area (TPSA) is 98.0 Å². The van der Waals surface area contributed by atoms with Crippen LogP contribution in [0.4, 0.5) is 5.69 Å². The van der Waals surface area contributed by atoms with Crippen molar-refractivity contribution in [2.24, 2.45) is 0 Å². The molecular weight excluding hydrogens is 374 g/mol. The minimum absolute atomic E-state index is 0.0516. The summed E-state index contributed by atoms with van der Waals surface area (Å²) < 4.78 is 0.783. The van der Waals surface area contributed by atoms with Crippen molar-refractivity contribution in [1.82, 2.24) is 9.55 Å². The second-order valence-electron chi connectivity index (χ2n) is 6.07. The number of H-pyrrole nitrogens is 1. The van der Waals surface area contributed by atoms with E-state index in [2.05, 4.69) is 4.98 Å². The molecule has 132 valence electrons. The summed E-state index contributed by atoms with van der Waals surface area (Å²) in [5.41, 5.74) is -0.0586. The third kappa shape index (κ3) is 2.51. The first-order valence-corrected chi connectivity index (χ1v) is 9.29. The molecule has 7 nitrogen and oxygen atoms in total. The molecule has 0 amide bonds. The second kappa shape index (κ2) is 6.26. The van der Waals surface area contributed by atoms with E-state index in [1.807, 2.05) is 0 Å². The Labute approximate surface area is 156 Å².